The zero-order chi connectivity index (χ0) is 15.0. The van der Waals surface area contributed by atoms with Crippen molar-refractivity contribution in [3.8, 4) is 5.75 Å². The number of hydrogen-bond donors (Lipinski definition) is 0. The lowest BCUT2D eigenvalue weighted by molar-refractivity contribution is -0.191. The number of fused-ring (bicyclic) bond motifs is 1. The van der Waals surface area contributed by atoms with Crippen LogP contribution in [0.2, 0.25) is 5.02 Å². The number of hydrogen-bond acceptors (Lipinski definition) is 5. The van der Waals surface area contributed by atoms with E-state index in [1.165, 1.54) is 0 Å². The maximum atomic E-state index is 8.12. The standard InChI is InChI=1S/C13H14ClNO2.CO2/c1-9-7-10-11(14)3-4-15-12(10)8-13(9)17-6-5-16-2;2-1-3/h3-4,7-8H,5-6H2,1-2H3;. The summed E-state index contributed by atoms with van der Waals surface area (Å²) in [6, 6.07) is 5.69. The second-order valence-electron chi connectivity index (χ2n) is 3.85. The minimum atomic E-state index is 0.250. The highest BCUT2D eigenvalue weighted by Gasteiger charge is 2.06. The quantitative estimate of drug-likeness (QED) is 0.811. The van der Waals surface area contributed by atoms with Crippen LogP contribution in [0.3, 0.4) is 0 Å². The van der Waals surface area contributed by atoms with Crippen molar-refractivity contribution in [2.24, 2.45) is 0 Å². The van der Waals surface area contributed by atoms with E-state index in [4.69, 9.17) is 30.7 Å². The van der Waals surface area contributed by atoms with Gasteiger partial charge < -0.3 is 9.47 Å². The van der Waals surface area contributed by atoms with Gasteiger partial charge in [-0.05, 0) is 24.6 Å². The van der Waals surface area contributed by atoms with Gasteiger partial charge in [0.2, 0.25) is 0 Å². The van der Waals surface area contributed by atoms with Crippen molar-refractivity contribution in [2.45, 2.75) is 6.92 Å². The molecular weight excluding hydrogens is 282 g/mol. The van der Waals surface area contributed by atoms with Crippen LogP contribution in [-0.4, -0.2) is 31.5 Å². The fourth-order valence-corrected chi connectivity index (χ4v) is 1.85. The highest BCUT2D eigenvalue weighted by Crippen LogP contribution is 2.28. The van der Waals surface area contributed by atoms with Crippen molar-refractivity contribution in [1.82, 2.24) is 4.98 Å². The number of nitrogens with zero attached hydrogens (tertiary/aromatic N) is 1. The van der Waals surface area contributed by atoms with Crippen LogP contribution < -0.4 is 4.74 Å². The Hall–Kier alpha value is -1.94. The van der Waals surface area contributed by atoms with Crippen LogP contribution in [0.1, 0.15) is 5.56 Å². The van der Waals surface area contributed by atoms with Crippen LogP contribution in [0.25, 0.3) is 10.9 Å². The Kier molecular flexibility index (Phi) is 6.67. The highest BCUT2D eigenvalue weighted by molar-refractivity contribution is 6.35. The molecule has 0 aliphatic rings. The van der Waals surface area contributed by atoms with Gasteiger partial charge in [-0.1, -0.05) is 11.6 Å². The van der Waals surface area contributed by atoms with Crippen LogP contribution in [0.15, 0.2) is 24.4 Å². The molecule has 0 saturated heterocycles. The van der Waals surface area contributed by atoms with Crippen LogP contribution >= 0.6 is 11.6 Å². The number of benzene rings is 1. The second-order valence-corrected chi connectivity index (χ2v) is 4.26. The van der Waals surface area contributed by atoms with E-state index in [1.807, 2.05) is 19.1 Å². The SMILES string of the molecule is COCCOc1cc2nccc(Cl)c2cc1C.O=C=O. The van der Waals surface area contributed by atoms with E-state index in [1.54, 1.807) is 19.4 Å². The van der Waals surface area contributed by atoms with Gasteiger partial charge in [-0.15, -0.1) is 0 Å². The zero-order valence-corrected chi connectivity index (χ0v) is 11.9. The Labute approximate surface area is 121 Å². The average molecular weight is 296 g/mol. The molecule has 106 valence electrons. The van der Waals surface area contributed by atoms with Gasteiger partial charge in [0.1, 0.15) is 12.4 Å². The largest absolute Gasteiger partial charge is 0.491 e. The third kappa shape index (κ3) is 4.31. The maximum absolute atomic E-state index is 8.12. The van der Waals surface area contributed by atoms with Crippen molar-refractivity contribution >= 4 is 28.7 Å². The summed E-state index contributed by atoms with van der Waals surface area (Å²) in [6.45, 7) is 3.09. The van der Waals surface area contributed by atoms with Crippen LogP contribution in [0.5, 0.6) is 5.75 Å². The summed E-state index contributed by atoms with van der Waals surface area (Å²) >= 11 is 6.11. The van der Waals surface area contributed by atoms with Crippen molar-refractivity contribution in [2.75, 3.05) is 20.3 Å². The van der Waals surface area contributed by atoms with Gasteiger partial charge in [0, 0.05) is 24.8 Å². The molecule has 0 bridgehead atoms. The van der Waals surface area contributed by atoms with E-state index in [-0.39, 0.29) is 6.15 Å². The summed E-state index contributed by atoms with van der Waals surface area (Å²) in [5, 5.41) is 1.66. The fourth-order valence-electron chi connectivity index (χ4n) is 1.64. The summed E-state index contributed by atoms with van der Waals surface area (Å²) in [7, 11) is 1.65. The molecular formula is C14H14ClNO4. The number of rotatable bonds is 4. The first-order valence-corrected chi connectivity index (χ1v) is 6.17. The summed E-state index contributed by atoms with van der Waals surface area (Å²) in [6.07, 6.45) is 1.94. The number of aromatic nitrogens is 1. The highest BCUT2D eigenvalue weighted by atomic mass is 35.5. The van der Waals surface area contributed by atoms with Gasteiger partial charge in [-0.2, -0.15) is 9.59 Å². The van der Waals surface area contributed by atoms with Gasteiger partial charge in [0.15, 0.2) is 0 Å². The number of pyridine rings is 1. The van der Waals surface area contributed by atoms with Gasteiger partial charge in [0.05, 0.1) is 17.1 Å². The molecule has 0 aliphatic heterocycles. The molecule has 1 aromatic heterocycles. The topological polar surface area (TPSA) is 65.5 Å². The first kappa shape index (κ1) is 16.1. The minimum absolute atomic E-state index is 0.250. The fraction of sp³-hybridized carbons (Fsp3) is 0.286. The molecule has 1 heterocycles. The second kappa shape index (κ2) is 8.27. The van der Waals surface area contributed by atoms with Crippen LogP contribution in [0.4, 0.5) is 0 Å². The minimum Gasteiger partial charge on any atom is -0.491 e. The van der Waals surface area contributed by atoms with Crippen molar-refractivity contribution in [3.05, 3.63) is 35.0 Å². The van der Waals surface area contributed by atoms with Crippen LogP contribution in [0, 0.1) is 6.92 Å². The maximum Gasteiger partial charge on any atom is 0.373 e. The molecule has 0 N–H and O–H groups in total. The molecule has 0 saturated carbocycles. The van der Waals surface area contributed by atoms with Crippen molar-refractivity contribution in [1.29, 1.82) is 0 Å². The Bertz CT molecular complexity index is 609. The normalized spacial score (nSPS) is 9.55. The smallest absolute Gasteiger partial charge is 0.373 e. The molecule has 0 unspecified atom stereocenters. The molecule has 0 amide bonds. The van der Waals surface area contributed by atoms with Crippen molar-refractivity contribution in [3.63, 3.8) is 0 Å². The van der Waals surface area contributed by atoms with Gasteiger partial charge >= 0.3 is 6.15 Å². The monoisotopic (exact) mass is 295 g/mol. The molecule has 20 heavy (non-hydrogen) atoms. The lowest BCUT2D eigenvalue weighted by Crippen LogP contribution is -2.05. The Morgan fingerprint density at radius 2 is 2.00 bits per heavy atom. The number of methoxy groups -OCH3 is 1. The third-order valence-electron chi connectivity index (χ3n) is 2.53. The Morgan fingerprint density at radius 1 is 1.30 bits per heavy atom. The van der Waals surface area contributed by atoms with Crippen molar-refractivity contribution < 1.29 is 19.1 Å². The average Bonchev–Trinajstić information content (AvgIpc) is 2.42. The molecule has 0 atom stereocenters. The molecule has 2 rings (SSSR count). The van der Waals surface area contributed by atoms with E-state index in [9.17, 15) is 0 Å². The molecule has 0 fully saturated rings. The molecule has 0 spiro atoms. The lowest BCUT2D eigenvalue weighted by Gasteiger charge is -2.10. The number of ether oxygens (including phenoxy) is 2. The summed E-state index contributed by atoms with van der Waals surface area (Å²) in [4.78, 5) is 20.5. The molecule has 6 heteroatoms. The molecule has 1 aromatic carbocycles. The Balaban J connectivity index is 0.000000612. The number of halogens is 1. The molecule has 5 nitrogen and oxygen atoms in total. The van der Waals surface area contributed by atoms with Gasteiger partial charge in [-0.25, -0.2) is 0 Å². The summed E-state index contributed by atoms with van der Waals surface area (Å²) in [5.74, 6) is 0.823. The number of carbonyl (C=O) groups excluding carboxylic acids is 2. The van der Waals surface area contributed by atoms with E-state index in [2.05, 4.69) is 4.98 Å². The predicted octanol–water partition coefficient (Wildman–Crippen LogP) is 2.64. The molecule has 0 radical (unpaired) electrons. The number of aryl methyl sites for hydroxylation is 1. The zero-order valence-electron chi connectivity index (χ0n) is 11.2. The van der Waals surface area contributed by atoms with E-state index < -0.39 is 0 Å². The van der Waals surface area contributed by atoms with Crippen LogP contribution in [-0.2, 0) is 14.3 Å². The summed E-state index contributed by atoms with van der Waals surface area (Å²) in [5.41, 5.74) is 1.89. The van der Waals surface area contributed by atoms with Gasteiger partial charge in [-0.3, -0.25) is 4.98 Å². The van der Waals surface area contributed by atoms with Gasteiger partial charge in [0.25, 0.3) is 0 Å². The van der Waals surface area contributed by atoms with E-state index >= 15 is 0 Å². The Morgan fingerprint density at radius 3 is 2.65 bits per heavy atom. The lowest BCUT2D eigenvalue weighted by atomic mass is 10.1. The molecule has 0 aliphatic carbocycles. The van der Waals surface area contributed by atoms with E-state index in [0.29, 0.717) is 18.2 Å². The molecule has 2 aromatic rings. The third-order valence-corrected chi connectivity index (χ3v) is 2.86. The summed E-state index contributed by atoms with van der Waals surface area (Å²) < 4.78 is 10.6. The van der Waals surface area contributed by atoms with E-state index in [0.717, 1.165) is 22.2 Å². The first-order chi connectivity index (χ1) is 9.63. The first-order valence-electron chi connectivity index (χ1n) is 5.80. The predicted molar refractivity (Wildman–Crippen MR) is 73.9 cm³/mol.